The molecule has 0 saturated carbocycles. The van der Waals surface area contributed by atoms with Gasteiger partial charge in [0.1, 0.15) is 6.04 Å². The topological polar surface area (TPSA) is 82.9 Å². The summed E-state index contributed by atoms with van der Waals surface area (Å²) in [5, 5.41) is 13.8. The molecule has 5 aromatic rings. The van der Waals surface area contributed by atoms with E-state index in [0.717, 1.165) is 48.2 Å². The number of aromatic amines is 1. The van der Waals surface area contributed by atoms with Gasteiger partial charge in [0, 0.05) is 42.9 Å². The Hall–Kier alpha value is -4.30. The molecule has 0 aliphatic carbocycles. The molecular formula is C29H29N7O. The minimum atomic E-state index is -0.370. The van der Waals surface area contributed by atoms with Gasteiger partial charge in [-0.2, -0.15) is 0 Å². The van der Waals surface area contributed by atoms with Gasteiger partial charge < -0.3 is 9.88 Å². The van der Waals surface area contributed by atoms with Crippen molar-refractivity contribution in [3.8, 4) is 0 Å². The fraction of sp³-hybridized carbons (Fsp3) is 0.241. The molecule has 1 N–H and O–H groups in total. The average Bonchev–Trinajstić information content (AvgIpc) is 3.38. The number of H-pyrrole nitrogens is 1. The first kappa shape index (κ1) is 23.1. The number of hydrogen-bond acceptors (Lipinski definition) is 6. The van der Waals surface area contributed by atoms with Crippen molar-refractivity contribution >= 4 is 16.6 Å². The fourth-order valence-corrected chi connectivity index (χ4v) is 5.20. The number of aromatic nitrogens is 5. The lowest BCUT2D eigenvalue weighted by molar-refractivity contribution is 0.200. The van der Waals surface area contributed by atoms with Crippen molar-refractivity contribution in [1.29, 1.82) is 0 Å². The summed E-state index contributed by atoms with van der Waals surface area (Å²) in [5.74, 6) is 0.675. The smallest absolute Gasteiger partial charge is 0.253 e. The standard InChI is InChI=1S/C29H29N7O/c1-21-12-13-26-23(18-21)19-25(29(37)30-26)27(28-31-32-33-36(28)20-22-8-4-2-5-9-22)35-16-14-34(15-17-35)24-10-6-3-7-11-24/h2-13,18-19,27H,14-17,20H2,1H3,(H,30,37). The van der Waals surface area contributed by atoms with Gasteiger partial charge in [-0.1, -0.05) is 60.2 Å². The summed E-state index contributed by atoms with van der Waals surface area (Å²) >= 11 is 0. The lowest BCUT2D eigenvalue weighted by Gasteiger charge is -2.39. The van der Waals surface area contributed by atoms with E-state index in [-0.39, 0.29) is 11.6 Å². The molecule has 186 valence electrons. The largest absolute Gasteiger partial charge is 0.369 e. The third-order valence-electron chi connectivity index (χ3n) is 7.10. The number of aryl methyl sites for hydroxylation is 1. The zero-order valence-electron chi connectivity index (χ0n) is 20.8. The summed E-state index contributed by atoms with van der Waals surface area (Å²) in [7, 11) is 0. The number of nitrogens with zero attached hydrogens (tertiary/aromatic N) is 6. The molecule has 1 fully saturated rings. The van der Waals surface area contributed by atoms with E-state index in [9.17, 15) is 4.79 Å². The molecule has 3 aromatic carbocycles. The summed E-state index contributed by atoms with van der Waals surface area (Å²) < 4.78 is 1.82. The highest BCUT2D eigenvalue weighted by Gasteiger charge is 2.32. The number of piperazine rings is 1. The fourth-order valence-electron chi connectivity index (χ4n) is 5.20. The molecule has 1 atom stereocenters. The maximum absolute atomic E-state index is 13.5. The quantitative estimate of drug-likeness (QED) is 0.389. The zero-order chi connectivity index (χ0) is 25.2. The third-order valence-corrected chi connectivity index (χ3v) is 7.10. The molecule has 37 heavy (non-hydrogen) atoms. The van der Waals surface area contributed by atoms with E-state index in [1.54, 1.807) is 0 Å². The zero-order valence-corrected chi connectivity index (χ0v) is 20.8. The molecule has 1 unspecified atom stereocenters. The van der Waals surface area contributed by atoms with E-state index in [1.807, 2.05) is 47.1 Å². The van der Waals surface area contributed by atoms with Crippen molar-refractivity contribution in [3.05, 3.63) is 118 Å². The lowest BCUT2D eigenvalue weighted by Crippen LogP contribution is -2.49. The number of nitrogens with one attached hydrogen (secondary N) is 1. The van der Waals surface area contributed by atoms with Gasteiger partial charge in [0.05, 0.1) is 6.54 Å². The van der Waals surface area contributed by atoms with Crippen molar-refractivity contribution in [2.45, 2.75) is 19.5 Å². The monoisotopic (exact) mass is 491 g/mol. The highest BCUT2D eigenvalue weighted by Crippen LogP contribution is 2.29. The van der Waals surface area contributed by atoms with Gasteiger partial charge in [-0.15, -0.1) is 5.10 Å². The van der Waals surface area contributed by atoms with Gasteiger partial charge >= 0.3 is 0 Å². The van der Waals surface area contributed by atoms with E-state index in [2.05, 4.69) is 79.7 Å². The van der Waals surface area contributed by atoms with Crippen molar-refractivity contribution in [3.63, 3.8) is 0 Å². The Morgan fingerprint density at radius 1 is 0.892 bits per heavy atom. The molecule has 3 heterocycles. The summed E-state index contributed by atoms with van der Waals surface area (Å²) in [6, 6.07) is 28.3. The predicted octanol–water partition coefficient (Wildman–Crippen LogP) is 3.78. The number of benzene rings is 3. The Kier molecular flexibility index (Phi) is 6.24. The Balaban J connectivity index is 1.40. The van der Waals surface area contributed by atoms with E-state index in [0.29, 0.717) is 17.9 Å². The molecule has 1 aliphatic rings. The molecule has 1 aliphatic heterocycles. The van der Waals surface area contributed by atoms with Crippen LogP contribution in [0.5, 0.6) is 0 Å². The molecule has 6 rings (SSSR count). The minimum absolute atomic E-state index is 0.110. The number of hydrogen-bond donors (Lipinski definition) is 1. The second-order valence-corrected chi connectivity index (χ2v) is 9.59. The number of fused-ring (bicyclic) bond motifs is 1. The van der Waals surface area contributed by atoms with Crippen LogP contribution in [0.3, 0.4) is 0 Å². The van der Waals surface area contributed by atoms with Crippen LogP contribution in [-0.4, -0.2) is 56.3 Å². The molecule has 1 saturated heterocycles. The Morgan fingerprint density at radius 3 is 2.38 bits per heavy atom. The van der Waals surface area contributed by atoms with Crippen LogP contribution < -0.4 is 10.5 Å². The number of para-hydroxylation sites is 1. The van der Waals surface area contributed by atoms with E-state index < -0.39 is 0 Å². The molecular weight excluding hydrogens is 462 g/mol. The van der Waals surface area contributed by atoms with Crippen molar-refractivity contribution in [1.82, 2.24) is 30.1 Å². The van der Waals surface area contributed by atoms with Gasteiger partial charge in [0.2, 0.25) is 0 Å². The van der Waals surface area contributed by atoms with Crippen molar-refractivity contribution in [2.75, 3.05) is 31.1 Å². The second-order valence-electron chi connectivity index (χ2n) is 9.59. The Morgan fingerprint density at radius 2 is 1.62 bits per heavy atom. The normalized spacial score (nSPS) is 15.2. The van der Waals surface area contributed by atoms with Crippen LogP contribution in [0.25, 0.3) is 10.9 Å². The molecule has 0 radical (unpaired) electrons. The van der Waals surface area contributed by atoms with Crippen molar-refractivity contribution in [2.24, 2.45) is 0 Å². The van der Waals surface area contributed by atoms with Crippen LogP contribution in [-0.2, 0) is 6.54 Å². The highest BCUT2D eigenvalue weighted by atomic mass is 16.1. The van der Waals surface area contributed by atoms with Gasteiger partial charge in [-0.3, -0.25) is 9.69 Å². The first-order valence-corrected chi connectivity index (χ1v) is 12.6. The molecule has 0 amide bonds. The van der Waals surface area contributed by atoms with Crippen LogP contribution in [0, 0.1) is 6.92 Å². The Labute approximate surface area is 215 Å². The minimum Gasteiger partial charge on any atom is -0.369 e. The van der Waals surface area contributed by atoms with Gasteiger partial charge in [-0.05, 0) is 58.6 Å². The predicted molar refractivity (Wildman–Crippen MR) is 145 cm³/mol. The molecule has 8 nitrogen and oxygen atoms in total. The first-order chi connectivity index (χ1) is 18.2. The van der Waals surface area contributed by atoms with Crippen LogP contribution in [0.15, 0.2) is 89.7 Å². The van der Waals surface area contributed by atoms with E-state index in [4.69, 9.17) is 0 Å². The first-order valence-electron chi connectivity index (χ1n) is 12.6. The van der Waals surface area contributed by atoms with Crippen LogP contribution in [0.4, 0.5) is 5.69 Å². The maximum Gasteiger partial charge on any atom is 0.253 e. The SMILES string of the molecule is Cc1ccc2[nH]c(=O)c(C(c3nnnn3Cc3ccccc3)N3CCN(c4ccccc4)CC3)cc2c1. The maximum atomic E-state index is 13.5. The second kappa shape index (κ2) is 9.99. The molecule has 0 spiro atoms. The van der Waals surface area contributed by atoms with Gasteiger partial charge in [0.15, 0.2) is 5.82 Å². The van der Waals surface area contributed by atoms with E-state index >= 15 is 0 Å². The molecule has 2 aromatic heterocycles. The highest BCUT2D eigenvalue weighted by molar-refractivity contribution is 5.79. The van der Waals surface area contributed by atoms with Crippen LogP contribution in [0.2, 0.25) is 0 Å². The molecule has 0 bridgehead atoms. The summed E-state index contributed by atoms with van der Waals surface area (Å²) in [4.78, 5) is 21.3. The van der Waals surface area contributed by atoms with Gasteiger partial charge in [0.25, 0.3) is 5.56 Å². The van der Waals surface area contributed by atoms with E-state index in [1.165, 1.54) is 5.69 Å². The summed E-state index contributed by atoms with van der Waals surface area (Å²) in [5.41, 5.74) is 4.85. The number of tetrazole rings is 1. The Bertz CT molecular complexity index is 1550. The number of pyridine rings is 1. The average molecular weight is 492 g/mol. The van der Waals surface area contributed by atoms with Crippen LogP contribution >= 0.6 is 0 Å². The number of anilines is 1. The third kappa shape index (κ3) is 4.75. The van der Waals surface area contributed by atoms with Gasteiger partial charge in [-0.25, -0.2) is 4.68 Å². The lowest BCUT2D eigenvalue weighted by atomic mass is 10.0. The van der Waals surface area contributed by atoms with Crippen molar-refractivity contribution < 1.29 is 0 Å². The molecule has 8 heteroatoms. The summed E-state index contributed by atoms with van der Waals surface area (Å²) in [6.45, 7) is 5.86. The number of rotatable bonds is 6. The summed E-state index contributed by atoms with van der Waals surface area (Å²) in [6.07, 6.45) is 0. The van der Waals surface area contributed by atoms with Crippen LogP contribution in [0.1, 0.15) is 28.6 Å².